The third kappa shape index (κ3) is 3.41. The van der Waals surface area contributed by atoms with Crippen molar-refractivity contribution in [1.82, 2.24) is 9.55 Å². The van der Waals surface area contributed by atoms with E-state index >= 15 is 0 Å². The van der Waals surface area contributed by atoms with Crippen LogP contribution in [0.15, 0.2) is 70.9 Å². The summed E-state index contributed by atoms with van der Waals surface area (Å²) in [6, 6.07) is 18.4. The Kier molecular flexibility index (Phi) is 5.02. The molecule has 0 unspecified atom stereocenters. The Morgan fingerprint density at radius 2 is 1.90 bits per heavy atom. The molecule has 2 heterocycles. The van der Waals surface area contributed by atoms with Crippen LogP contribution in [-0.4, -0.2) is 27.7 Å². The molecule has 0 spiro atoms. The first-order chi connectivity index (χ1) is 14.5. The SMILES string of the molecule is COc1cccc(-c2ccc(C(=O)N=Nc3c(O)n(C)c4ccccc34)c(C)n2)c1. The lowest BCUT2D eigenvalue weighted by atomic mass is 10.1. The summed E-state index contributed by atoms with van der Waals surface area (Å²) in [5.74, 6) is 0.163. The van der Waals surface area contributed by atoms with Crippen molar-refractivity contribution in [3.8, 4) is 22.9 Å². The van der Waals surface area contributed by atoms with Crippen LogP contribution in [0.1, 0.15) is 16.1 Å². The minimum Gasteiger partial charge on any atom is -0.497 e. The number of fused-ring (bicyclic) bond motifs is 1. The number of amides is 1. The quantitative estimate of drug-likeness (QED) is 0.478. The van der Waals surface area contributed by atoms with Gasteiger partial charge in [-0.15, -0.1) is 10.2 Å². The maximum absolute atomic E-state index is 12.6. The van der Waals surface area contributed by atoms with Gasteiger partial charge in [-0.3, -0.25) is 9.78 Å². The van der Waals surface area contributed by atoms with Gasteiger partial charge in [-0.1, -0.05) is 30.3 Å². The number of pyridine rings is 1. The first-order valence-electron chi connectivity index (χ1n) is 9.34. The van der Waals surface area contributed by atoms with E-state index in [1.54, 1.807) is 37.8 Å². The van der Waals surface area contributed by atoms with Crippen LogP contribution in [-0.2, 0) is 7.05 Å². The molecule has 0 atom stereocenters. The lowest BCUT2D eigenvalue weighted by Crippen LogP contribution is -2.01. The highest BCUT2D eigenvalue weighted by Crippen LogP contribution is 2.37. The number of ether oxygens (including phenoxy) is 1. The van der Waals surface area contributed by atoms with E-state index in [2.05, 4.69) is 15.2 Å². The third-order valence-corrected chi connectivity index (χ3v) is 4.97. The molecule has 30 heavy (non-hydrogen) atoms. The molecule has 2 aromatic heterocycles. The van der Waals surface area contributed by atoms with Crippen LogP contribution in [0.3, 0.4) is 0 Å². The number of azo groups is 1. The smallest absolute Gasteiger partial charge is 0.297 e. The first kappa shape index (κ1) is 19.3. The number of hydrogen-bond acceptors (Lipinski definition) is 5. The maximum Gasteiger partial charge on any atom is 0.297 e. The number of hydrogen-bond donors (Lipinski definition) is 1. The fraction of sp³-hybridized carbons (Fsp3) is 0.130. The lowest BCUT2D eigenvalue weighted by Gasteiger charge is -2.07. The number of carbonyl (C=O) groups is 1. The highest BCUT2D eigenvalue weighted by atomic mass is 16.5. The van der Waals surface area contributed by atoms with Gasteiger partial charge in [0.1, 0.15) is 5.75 Å². The number of aromatic hydroxyl groups is 1. The molecule has 1 N–H and O–H groups in total. The maximum atomic E-state index is 12.6. The zero-order valence-electron chi connectivity index (χ0n) is 16.8. The summed E-state index contributed by atoms with van der Waals surface area (Å²) in [5.41, 5.74) is 3.58. The van der Waals surface area contributed by atoms with Crippen molar-refractivity contribution >= 4 is 22.5 Å². The summed E-state index contributed by atoms with van der Waals surface area (Å²) < 4.78 is 6.85. The Morgan fingerprint density at radius 1 is 1.10 bits per heavy atom. The van der Waals surface area contributed by atoms with Crippen molar-refractivity contribution < 1.29 is 14.6 Å². The molecular weight excluding hydrogens is 380 g/mol. The summed E-state index contributed by atoms with van der Waals surface area (Å²) in [4.78, 5) is 17.2. The van der Waals surface area contributed by atoms with Crippen LogP contribution in [0.2, 0.25) is 0 Å². The summed E-state index contributed by atoms with van der Waals surface area (Å²) in [6.45, 7) is 1.75. The predicted molar refractivity (Wildman–Crippen MR) is 114 cm³/mol. The number of nitrogens with zero attached hydrogens (tertiary/aromatic N) is 4. The molecule has 0 radical (unpaired) electrons. The molecule has 4 rings (SSSR count). The van der Waals surface area contributed by atoms with Crippen LogP contribution < -0.4 is 4.74 Å². The van der Waals surface area contributed by atoms with E-state index < -0.39 is 5.91 Å². The molecule has 4 aromatic rings. The molecule has 1 amide bonds. The van der Waals surface area contributed by atoms with Gasteiger partial charge < -0.3 is 14.4 Å². The third-order valence-electron chi connectivity index (χ3n) is 4.97. The zero-order chi connectivity index (χ0) is 21.3. The normalized spacial score (nSPS) is 11.3. The van der Waals surface area contributed by atoms with Crippen LogP contribution in [0.5, 0.6) is 11.6 Å². The van der Waals surface area contributed by atoms with Gasteiger partial charge in [0, 0.05) is 18.0 Å². The van der Waals surface area contributed by atoms with Crippen LogP contribution in [0, 0.1) is 6.92 Å². The van der Waals surface area contributed by atoms with Crippen molar-refractivity contribution in [1.29, 1.82) is 0 Å². The number of aryl methyl sites for hydroxylation is 2. The second-order valence-electron chi connectivity index (χ2n) is 6.81. The highest BCUT2D eigenvalue weighted by molar-refractivity contribution is 5.98. The second kappa shape index (κ2) is 7.79. The largest absolute Gasteiger partial charge is 0.497 e. The minimum absolute atomic E-state index is 0.0454. The number of carbonyl (C=O) groups excluding carboxylic acids is 1. The average molecular weight is 400 g/mol. The van der Waals surface area contributed by atoms with Crippen LogP contribution in [0.25, 0.3) is 22.2 Å². The van der Waals surface area contributed by atoms with Crippen LogP contribution in [0.4, 0.5) is 5.69 Å². The van der Waals surface area contributed by atoms with E-state index in [1.165, 1.54) is 0 Å². The monoisotopic (exact) mass is 400 g/mol. The molecule has 0 bridgehead atoms. The van der Waals surface area contributed by atoms with E-state index in [9.17, 15) is 9.90 Å². The Balaban J connectivity index is 1.64. The molecule has 0 aliphatic heterocycles. The van der Waals surface area contributed by atoms with Crippen LogP contribution >= 0.6 is 0 Å². The van der Waals surface area contributed by atoms with Gasteiger partial charge in [-0.25, -0.2) is 0 Å². The summed E-state index contributed by atoms with van der Waals surface area (Å²) in [5, 5.41) is 18.9. The number of rotatable bonds is 4. The van der Waals surface area contributed by atoms with Crippen molar-refractivity contribution in [2.45, 2.75) is 6.92 Å². The molecule has 150 valence electrons. The van der Waals surface area contributed by atoms with Crippen molar-refractivity contribution in [2.24, 2.45) is 17.3 Å². The van der Waals surface area contributed by atoms with E-state index in [-0.39, 0.29) is 11.6 Å². The van der Waals surface area contributed by atoms with Gasteiger partial charge >= 0.3 is 0 Å². The fourth-order valence-electron chi connectivity index (χ4n) is 3.34. The van der Waals surface area contributed by atoms with Crippen molar-refractivity contribution in [3.05, 3.63) is 71.9 Å². The summed E-state index contributed by atoms with van der Waals surface area (Å²) >= 11 is 0. The minimum atomic E-state index is -0.524. The van der Waals surface area contributed by atoms with E-state index in [4.69, 9.17) is 4.74 Å². The Morgan fingerprint density at radius 3 is 2.67 bits per heavy atom. The summed E-state index contributed by atoms with van der Waals surface area (Å²) in [7, 11) is 3.34. The number of para-hydroxylation sites is 1. The van der Waals surface area contributed by atoms with Gasteiger partial charge in [0.2, 0.25) is 5.88 Å². The van der Waals surface area contributed by atoms with E-state index in [1.807, 2.05) is 48.5 Å². The number of aromatic nitrogens is 2. The van der Waals surface area contributed by atoms with E-state index in [0.717, 1.165) is 27.9 Å². The topological polar surface area (TPSA) is 89.1 Å². The van der Waals surface area contributed by atoms with Crippen molar-refractivity contribution in [3.63, 3.8) is 0 Å². The highest BCUT2D eigenvalue weighted by Gasteiger charge is 2.16. The lowest BCUT2D eigenvalue weighted by molar-refractivity contribution is 0.0994. The summed E-state index contributed by atoms with van der Waals surface area (Å²) in [6.07, 6.45) is 0. The van der Waals surface area contributed by atoms with Gasteiger partial charge in [-0.2, -0.15) is 0 Å². The van der Waals surface area contributed by atoms with Gasteiger partial charge in [-0.05, 0) is 37.3 Å². The van der Waals surface area contributed by atoms with Crippen molar-refractivity contribution in [2.75, 3.05) is 7.11 Å². The molecule has 0 saturated heterocycles. The Labute approximate surface area is 173 Å². The standard InChI is InChI=1S/C23H20N4O3/c1-14-17(11-12-19(24-14)15-7-6-8-16(13-15)30-3)22(28)26-25-21-18-9-4-5-10-20(18)27(2)23(21)29/h4-13,29H,1-3H3. The molecule has 0 aliphatic rings. The molecule has 0 aliphatic carbocycles. The average Bonchev–Trinajstić information content (AvgIpc) is 3.02. The molecule has 7 heteroatoms. The zero-order valence-corrected chi connectivity index (χ0v) is 16.8. The molecule has 0 saturated carbocycles. The number of methoxy groups -OCH3 is 1. The second-order valence-corrected chi connectivity index (χ2v) is 6.81. The first-order valence-corrected chi connectivity index (χ1v) is 9.34. The molecule has 0 fully saturated rings. The van der Waals surface area contributed by atoms with Gasteiger partial charge in [0.15, 0.2) is 5.69 Å². The van der Waals surface area contributed by atoms with Gasteiger partial charge in [0.25, 0.3) is 5.91 Å². The van der Waals surface area contributed by atoms with E-state index in [0.29, 0.717) is 11.3 Å². The Bertz CT molecular complexity index is 1290. The number of benzene rings is 2. The fourth-order valence-corrected chi connectivity index (χ4v) is 3.34. The predicted octanol–water partition coefficient (Wildman–Crippen LogP) is 5.19. The Hall–Kier alpha value is -4.00. The van der Waals surface area contributed by atoms with Gasteiger partial charge in [0.05, 0.1) is 29.6 Å². The molecule has 2 aromatic carbocycles. The molecular formula is C23H20N4O3. The molecule has 7 nitrogen and oxygen atoms in total.